The van der Waals surface area contributed by atoms with Gasteiger partial charge in [-0.2, -0.15) is 0 Å². The first-order chi connectivity index (χ1) is 5.94. The summed E-state index contributed by atoms with van der Waals surface area (Å²) < 4.78 is 5.02. The molecular weight excluding hydrogens is 170 g/mol. The monoisotopic (exact) mass is 183 g/mol. The van der Waals surface area contributed by atoms with Crippen molar-refractivity contribution >= 4 is 11.9 Å². The standard InChI is InChI=1S/C9H13NO3/c1-4-7(11)10-6-5-9(2,3)13-8(6)12/h4,6H,1,5H2,2-3H3,(H,10,11). The Bertz CT molecular complexity index is 258. The molecule has 1 aliphatic rings. The van der Waals surface area contributed by atoms with Crippen molar-refractivity contribution < 1.29 is 14.3 Å². The molecule has 0 aromatic rings. The third-order valence-electron chi connectivity index (χ3n) is 1.86. The molecule has 1 N–H and O–H groups in total. The van der Waals surface area contributed by atoms with Gasteiger partial charge in [-0.1, -0.05) is 6.58 Å². The molecule has 0 aromatic carbocycles. The van der Waals surface area contributed by atoms with Gasteiger partial charge in [0, 0.05) is 6.42 Å². The highest BCUT2D eigenvalue weighted by Crippen LogP contribution is 2.25. The smallest absolute Gasteiger partial charge is 0.329 e. The van der Waals surface area contributed by atoms with Crippen molar-refractivity contribution in [1.29, 1.82) is 0 Å². The minimum Gasteiger partial charge on any atom is -0.458 e. The van der Waals surface area contributed by atoms with Crippen LogP contribution in [0.4, 0.5) is 0 Å². The van der Waals surface area contributed by atoms with Crippen LogP contribution in [0.2, 0.25) is 0 Å². The second-order valence-electron chi connectivity index (χ2n) is 3.65. The van der Waals surface area contributed by atoms with Crippen LogP contribution >= 0.6 is 0 Å². The summed E-state index contributed by atoms with van der Waals surface area (Å²) >= 11 is 0. The first-order valence-electron chi connectivity index (χ1n) is 4.10. The summed E-state index contributed by atoms with van der Waals surface area (Å²) in [5.41, 5.74) is -0.476. The molecule has 13 heavy (non-hydrogen) atoms. The molecule has 1 saturated heterocycles. The van der Waals surface area contributed by atoms with Crippen LogP contribution in [0, 0.1) is 0 Å². The summed E-state index contributed by atoms with van der Waals surface area (Å²) in [5.74, 6) is -0.722. The number of esters is 1. The quantitative estimate of drug-likeness (QED) is 0.497. The predicted octanol–water partition coefficient (Wildman–Crippen LogP) is 0.383. The largest absolute Gasteiger partial charge is 0.458 e. The summed E-state index contributed by atoms with van der Waals surface area (Å²) in [7, 11) is 0. The Labute approximate surface area is 76.9 Å². The molecule has 4 nitrogen and oxygen atoms in total. The van der Waals surface area contributed by atoms with Crippen molar-refractivity contribution in [3.8, 4) is 0 Å². The van der Waals surface area contributed by atoms with Crippen LogP contribution in [0.3, 0.4) is 0 Å². The lowest BCUT2D eigenvalue weighted by molar-refractivity contribution is -0.148. The highest BCUT2D eigenvalue weighted by molar-refractivity contribution is 5.91. The van der Waals surface area contributed by atoms with Crippen molar-refractivity contribution in [3.63, 3.8) is 0 Å². The molecule has 72 valence electrons. The van der Waals surface area contributed by atoms with Gasteiger partial charge in [-0.3, -0.25) is 4.79 Å². The maximum atomic E-state index is 11.2. The zero-order valence-electron chi connectivity index (χ0n) is 7.79. The van der Waals surface area contributed by atoms with Gasteiger partial charge in [0.15, 0.2) is 0 Å². The summed E-state index contributed by atoms with van der Waals surface area (Å²) in [6.45, 7) is 6.92. The maximum absolute atomic E-state index is 11.2. The number of nitrogens with one attached hydrogen (secondary N) is 1. The molecule has 0 spiro atoms. The lowest BCUT2D eigenvalue weighted by atomic mass is 10.0. The van der Waals surface area contributed by atoms with Crippen LogP contribution in [0.25, 0.3) is 0 Å². The van der Waals surface area contributed by atoms with Crippen molar-refractivity contribution in [2.45, 2.75) is 31.9 Å². The molecule has 0 bridgehead atoms. The van der Waals surface area contributed by atoms with Crippen molar-refractivity contribution in [2.24, 2.45) is 0 Å². The van der Waals surface area contributed by atoms with Gasteiger partial charge in [-0.25, -0.2) is 4.79 Å². The number of carbonyl (C=O) groups excluding carboxylic acids is 2. The number of carbonyl (C=O) groups is 2. The second kappa shape index (κ2) is 3.20. The van der Waals surface area contributed by atoms with Gasteiger partial charge >= 0.3 is 5.97 Å². The van der Waals surface area contributed by atoms with E-state index in [1.165, 1.54) is 0 Å². The van der Waals surface area contributed by atoms with Gasteiger partial charge in [0.05, 0.1) is 0 Å². The Morgan fingerprint density at radius 1 is 1.77 bits per heavy atom. The molecule has 1 rings (SSSR count). The fourth-order valence-electron chi connectivity index (χ4n) is 1.30. The Morgan fingerprint density at radius 2 is 2.38 bits per heavy atom. The molecule has 4 heteroatoms. The van der Waals surface area contributed by atoms with E-state index < -0.39 is 11.6 Å². The fraction of sp³-hybridized carbons (Fsp3) is 0.556. The summed E-state index contributed by atoms with van der Waals surface area (Å²) in [4.78, 5) is 22.1. The molecule has 1 aliphatic heterocycles. The predicted molar refractivity (Wildman–Crippen MR) is 46.9 cm³/mol. The second-order valence-corrected chi connectivity index (χ2v) is 3.65. The zero-order chi connectivity index (χ0) is 10.1. The summed E-state index contributed by atoms with van der Waals surface area (Å²) in [6, 6.07) is -0.527. The van der Waals surface area contributed by atoms with Gasteiger partial charge in [0.1, 0.15) is 11.6 Å². The van der Waals surface area contributed by atoms with Crippen LogP contribution in [0.15, 0.2) is 12.7 Å². The Hall–Kier alpha value is -1.32. The van der Waals surface area contributed by atoms with Gasteiger partial charge in [-0.15, -0.1) is 0 Å². The number of rotatable bonds is 2. The zero-order valence-corrected chi connectivity index (χ0v) is 7.79. The van der Waals surface area contributed by atoms with Crippen molar-refractivity contribution in [2.75, 3.05) is 0 Å². The number of amides is 1. The van der Waals surface area contributed by atoms with E-state index in [1.807, 2.05) is 13.8 Å². The van der Waals surface area contributed by atoms with E-state index >= 15 is 0 Å². The van der Waals surface area contributed by atoms with Gasteiger partial charge in [-0.05, 0) is 19.9 Å². The molecule has 1 fully saturated rings. The minimum absolute atomic E-state index is 0.348. The van der Waals surface area contributed by atoms with Crippen molar-refractivity contribution in [3.05, 3.63) is 12.7 Å². The van der Waals surface area contributed by atoms with Crippen LogP contribution < -0.4 is 5.32 Å². The first kappa shape index (κ1) is 9.77. The van der Waals surface area contributed by atoms with Crippen molar-refractivity contribution in [1.82, 2.24) is 5.32 Å². The SMILES string of the molecule is C=CC(=O)NC1CC(C)(C)OC1=O. The van der Waals surface area contributed by atoms with E-state index in [0.717, 1.165) is 6.08 Å². The Morgan fingerprint density at radius 3 is 2.77 bits per heavy atom. The molecule has 0 aromatic heterocycles. The number of hydrogen-bond acceptors (Lipinski definition) is 3. The number of hydrogen-bond donors (Lipinski definition) is 1. The van der Waals surface area contributed by atoms with E-state index in [-0.39, 0.29) is 11.9 Å². The molecular formula is C9H13NO3. The molecule has 1 unspecified atom stereocenters. The molecule has 1 heterocycles. The Balaban J connectivity index is 2.58. The highest BCUT2D eigenvalue weighted by Gasteiger charge is 2.40. The topological polar surface area (TPSA) is 55.4 Å². The fourth-order valence-corrected chi connectivity index (χ4v) is 1.30. The molecule has 0 aliphatic carbocycles. The highest BCUT2D eigenvalue weighted by atomic mass is 16.6. The molecule has 1 atom stereocenters. The number of cyclic esters (lactones) is 1. The summed E-state index contributed by atoms with van der Waals surface area (Å²) in [5, 5.41) is 2.50. The van der Waals surface area contributed by atoms with Crippen LogP contribution in [0.5, 0.6) is 0 Å². The molecule has 0 saturated carbocycles. The summed E-state index contributed by atoms with van der Waals surface area (Å²) in [6.07, 6.45) is 1.64. The first-order valence-corrected chi connectivity index (χ1v) is 4.10. The Kier molecular flexibility index (Phi) is 2.40. The lowest BCUT2D eigenvalue weighted by Gasteiger charge is -2.14. The maximum Gasteiger partial charge on any atom is 0.329 e. The average Bonchev–Trinajstić information content (AvgIpc) is 2.24. The van der Waals surface area contributed by atoms with E-state index in [2.05, 4.69) is 11.9 Å². The van der Waals surface area contributed by atoms with E-state index in [1.54, 1.807) is 0 Å². The third kappa shape index (κ3) is 2.31. The van der Waals surface area contributed by atoms with E-state index in [9.17, 15) is 9.59 Å². The van der Waals surface area contributed by atoms with Crippen LogP contribution in [0.1, 0.15) is 20.3 Å². The van der Waals surface area contributed by atoms with Crippen LogP contribution in [-0.2, 0) is 14.3 Å². The van der Waals surface area contributed by atoms with Gasteiger partial charge < -0.3 is 10.1 Å². The minimum atomic E-state index is -0.527. The van der Waals surface area contributed by atoms with Gasteiger partial charge in [0.2, 0.25) is 5.91 Å². The average molecular weight is 183 g/mol. The molecule has 1 amide bonds. The lowest BCUT2D eigenvalue weighted by Crippen LogP contribution is -2.37. The van der Waals surface area contributed by atoms with Gasteiger partial charge in [0.25, 0.3) is 0 Å². The van der Waals surface area contributed by atoms with E-state index in [4.69, 9.17) is 4.74 Å². The van der Waals surface area contributed by atoms with Crippen LogP contribution in [-0.4, -0.2) is 23.5 Å². The normalized spacial score (nSPS) is 25.1. The number of ether oxygens (including phenoxy) is 1. The van der Waals surface area contributed by atoms with E-state index in [0.29, 0.717) is 6.42 Å². The third-order valence-corrected chi connectivity index (χ3v) is 1.86. The molecule has 0 radical (unpaired) electrons.